The standard InChI is InChI=1S/C14H14ClNO2/c1-9-5-6-10(15)8-11(9)14(17)13-12(18-2)4-3-7-16-13/h3-8,14,17H,1-2H3. The number of rotatable bonds is 3. The first-order valence-electron chi connectivity index (χ1n) is 5.56. The van der Waals surface area contributed by atoms with Crippen LogP contribution >= 0.6 is 11.6 Å². The Hall–Kier alpha value is -1.58. The van der Waals surface area contributed by atoms with Crippen LogP contribution in [-0.2, 0) is 0 Å². The summed E-state index contributed by atoms with van der Waals surface area (Å²) in [5.41, 5.74) is 2.18. The van der Waals surface area contributed by atoms with Crippen molar-refractivity contribution in [2.45, 2.75) is 13.0 Å². The molecular formula is C14H14ClNO2. The van der Waals surface area contributed by atoms with Crippen molar-refractivity contribution in [3.8, 4) is 5.75 Å². The van der Waals surface area contributed by atoms with Crippen molar-refractivity contribution in [3.05, 3.63) is 58.4 Å². The molecule has 0 saturated heterocycles. The Morgan fingerprint density at radius 3 is 2.83 bits per heavy atom. The third-order valence-corrected chi connectivity index (χ3v) is 3.05. The quantitative estimate of drug-likeness (QED) is 0.925. The van der Waals surface area contributed by atoms with Crippen LogP contribution in [0, 0.1) is 6.92 Å². The van der Waals surface area contributed by atoms with Gasteiger partial charge in [-0.25, -0.2) is 0 Å². The highest BCUT2D eigenvalue weighted by Gasteiger charge is 2.18. The lowest BCUT2D eigenvalue weighted by Crippen LogP contribution is -2.06. The summed E-state index contributed by atoms with van der Waals surface area (Å²) in [6.45, 7) is 1.92. The Morgan fingerprint density at radius 2 is 2.11 bits per heavy atom. The van der Waals surface area contributed by atoms with Gasteiger partial charge in [0.15, 0.2) is 0 Å². The van der Waals surface area contributed by atoms with Gasteiger partial charge < -0.3 is 9.84 Å². The first-order chi connectivity index (χ1) is 8.63. The molecule has 0 spiro atoms. The van der Waals surface area contributed by atoms with E-state index in [0.717, 1.165) is 11.1 Å². The molecule has 0 fully saturated rings. The average molecular weight is 264 g/mol. The van der Waals surface area contributed by atoms with Crippen molar-refractivity contribution in [1.82, 2.24) is 4.98 Å². The van der Waals surface area contributed by atoms with Gasteiger partial charge in [-0.1, -0.05) is 17.7 Å². The van der Waals surface area contributed by atoms with Crippen LogP contribution in [-0.4, -0.2) is 17.2 Å². The van der Waals surface area contributed by atoms with Crippen LogP contribution in [0.1, 0.15) is 22.9 Å². The fraction of sp³-hybridized carbons (Fsp3) is 0.214. The number of aryl methyl sites for hydroxylation is 1. The second-order valence-electron chi connectivity index (χ2n) is 3.99. The van der Waals surface area contributed by atoms with E-state index in [9.17, 15) is 5.11 Å². The van der Waals surface area contributed by atoms with E-state index in [2.05, 4.69) is 4.98 Å². The Bertz CT molecular complexity index is 557. The minimum Gasteiger partial charge on any atom is -0.495 e. The molecule has 1 atom stereocenters. The number of ether oxygens (including phenoxy) is 1. The minimum atomic E-state index is -0.847. The lowest BCUT2D eigenvalue weighted by Gasteiger charge is -2.16. The molecule has 0 aliphatic carbocycles. The fourth-order valence-electron chi connectivity index (χ4n) is 1.83. The van der Waals surface area contributed by atoms with E-state index in [0.29, 0.717) is 16.5 Å². The van der Waals surface area contributed by atoms with E-state index < -0.39 is 6.10 Å². The smallest absolute Gasteiger partial charge is 0.143 e. The van der Waals surface area contributed by atoms with Gasteiger partial charge in [0.05, 0.1) is 7.11 Å². The highest BCUT2D eigenvalue weighted by atomic mass is 35.5. The second kappa shape index (κ2) is 5.38. The van der Waals surface area contributed by atoms with Crippen molar-refractivity contribution < 1.29 is 9.84 Å². The first kappa shape index (κ1) is 12.9. The maximum Gasteiger partial charge on any atom is 0.143 e. The summed E-state index contributed by atoms with van der Waals surface area (Å²) in [4.78, 5) is 4.18. The number of aliphatic hydroxyl groups excluding tert-OH is 1. The van der Waals surface area contributed by atoms with Gasteiger partial charge in [-0.15, -0.1) is 0 Å². The van der Waals surface area contributed by atoms with Crippen LogP contribution < -0.4 is 4.74 Å². The third kappa shape index (κ3) is 2.47. The molecule has 1 aromatic heterocycles. The molecule has 1 N–H and O–H groups in total. The second-order valence-corrected chi connectivity index (χ2v) is 4.43. The Labute approximate surface area is 111 Å². The molecule has 0 bridgehead atoms. The number of methoxy groups -OCH3 is 1. The highest BCUT2D eigenvalue weighted by molar-refractivity contribution is 6.30. The Morgan fingerprint density at radius 1 is 1.33 bits per heavy atom. The number of pyridine rings is 1. The number of hydrogen-bond acceptors (Lipinski definition) is 3. The van der Waals surface area contributed by atoms with Gasteiger partial charge in [0, 0.05) is 11.2 Å². The van der Waals surface area contributed by atoms with Crippen molar-refractivity contribution in [1.29, 1.82) is 0 Å². The van der Waals surface area contributed by atoms with Gasteiger partial charge in [-0.3, -0.25) is 4.98 Å². The molecule has 4 heteroatoms. The minimum absolute atomic E-state index is 0.491. The molecule has 0 amide bonds. The monoisotopic (exact) mass is 263 g/mol. The fourth-order valence-corrected chi connectivity index (χ4v) is 2.01. The van der Waals surface area contributed by atoms with Gasteiger partial charge >= 0.3 is 0 Å². The number of aliphatic hydroxyl groups is 1. The zero-order valence-electron chi connectivity index (χ0n) is 10.2. The molecular weight excluding hydrogens is 250 g/mol. The summed E-state index contributed by atoms with van der Waals surface area (Å²) in [7, 11) is 1.55. The SMILES string of the molecule is COc1cccnc1C(O)c1cc(Cl)ccc1C. The van der Waals surface area contributed by atoms with E-state index in [4.69, 9.17) is 16.3 Å². The summed E-state index contributed by atoms with van der Waals surface area (Å²) in [5, 5.41) is 11.0. The summed E-state index contributed by atoms with van der Waals surface area (Å²) in [6.07, 6.45) is 0.779. The van der Waals surface area contributed by atoms with Crippen LogP contribution in [0.4, 0.5) is 0 Å². The largest absolute Gasteiger partial charge is 0.495 e. The molecule has 1 unspecified atom stereocenters. The summed E-state index contributed by atoms with van der Waals surface area (Å²) >= 11 is 5.96. The maximum atomic E-state index is 10.4. The van der Waals surface area contributed by atoms with Crippen molar-refractivity contribution in [2.75, 3.05) is 7.11 Å². The predicted molar refractivity (Wildman–Crippen MR) is 71.0 cm³/mol. The lowest BCUT2D eigenvalue weighted by molar-refractivity contribution is 0.208. The van der Waals surface area contributed by atoms with Crippen LogP contribution in [0.5, 0.6) is 5.75 Å². The van der Waals surface area contributed by atoms with Gasteiger partial charge in [-0.05, 0) is 42.3 Å². The summed E-state index contributed by atoms with van der Waals surface area (Å²) in [6, 6.07) is 8.94. The van der Waals surface area contributed by atoms with Crippen molar-refractivity contribution >= 4 is 11.6 Å². The van der Waals surface area contributed by atoms with E-state index in [1.165, 1.54) is 0 Å². The Balaban J connectivity index is 2.47. The van der Waals surface area contributed by atoms with Crippen LogP contribution in [0.25, 0.3) is 0 Å². The van der Waals surface area contributed by atoms with Crippen LogP contribution in [0.3, 0.4) is 0 Å². The van der Waals surface area contributed by atoms with Gasteiger partial charge in [0.2, 0.25) is 0 Å². The van der Waals surface area contributed by atoms with Crippen molar-refractivity contribution in [3.63, 3.8) is 0 Å². The zero-order chi connectivity index (χ0) is 13.1. The number of halogens is 1. The van der Waals surface area contributed by atoms with Gasteiger partial charge in [-0.2, -0.15) is 0 Å². The molecule has 0 saturated carbocycles. The van der Waals surface area contributed by atoms with E-state index in [1.807, 2.05) is 13.0 Å². The molecule has 3 nitrogen and oxygen atoms in total. The average Bonchev–Trinajstić information content (AvgIpc) is 2.40. The van der Waals surface area contributed by atoms with Crippen LogP contribution in [0.15, 0.2) is 36.5 Å². The lowest BCUT2D eigenvalue weighted by atomic mass is 10.0. The predicted octanol–water partition coefficient (Wildman–Crippen LogP) is 3.13. The van der Waals surface area contributed by atoms with Crippen LogP contribution in [0.2, 0.25) is 5.02 Å². The van der Waals surface area contributed by atoms with Gasteiger partial charge in [0.25, 0.3) is 0 Å². The molecule has 94 valence electrons. The topological polar surface area (TPSA) is 42.4 Å². The first-order valence-corrected chi connectivity index (χ1v) is 5.94. The molecule has 0 aliphatic heterocycles. The Kier molecular flexibility index (Phi) is 3.84. The molecule has 0 radical (unpaired) electrons. The van der Waals surface area contributed by atoms with Crippen molar-refractivity contribution in [2.24, 2.45) is 0 Å². The molecule has 1 aromatic carbocycles. The third-order valence-electron chi connectivity index (χ3n) is 2.81. The molecule has 2 rings (SSSR count). The highest BCUT2D eigenvalue weighted by Crippen LogP contribution is 2.30. The van der Waals surface area contributed by atoms with Gasteiger partial charge in [0.1, 0.15) is 17.5 Å². The normalized spacial score (nSPS) is 12.2. The number of hydrogen-bond donors (Lipinski definition) is 1. The molecule has 0 aliphatic rings. The van der Waals surface area contributed by atoms with E-state index in [-0.39, 0.29) is 0 Å². The zero-order valence-corrected chi connectivity index (χ0v) is 11.0. The number of aromatic nitrogens is 1. The van der Waals surface area contributed by atoms with E-state index >= 15 is 0 Å². The number of nitrogens with zero attached hydrogens (tertiary/aromatic N) is 1. The molecule has 2 aromatic rings. The van der Waals surface area contributed by atoms with E-state index in [1.54, 1.807) is 37.6 Å². The summed E-state index contributed by atoms with van der Waals surface area (Å²) in [5.74, 6) is 0.560. The summed E-state index contributed by atoms with van der Waals surface area (Å²) < 4.78 is 5.20. The number of benzene rings is 1. The molecule has 1 heterocycles. The maximum absolute atomic E-state index is 10.4. The molecule has 18 heavy (non-hydrogen) atoms.